The Morgan fingerprint density at radius 2 is 1.68 bits per heavy atom. The molecule has 316 valence electrons. The molecule has 0 saturated heterocycles. The molecule has 5 aliphatic rings. The molecule has 1 aromatic heterocycles. The molecule has 10 atom stereocenters. The molecule has 0 radical (unpaired) electrons. The van der Waals surface area contributed by atoms with E-state index in [0.29, 0.717) is 59.3 Å². The first-order valence-electron chi connectivity index (χ1n) is 21.7. The summed E-state index contributed by atoms with van der Waals surface area (Å²) in [5.74, 6) is 3.82. The number of aldehydes is 1. The number of aliphatic hydroxyl groups is 1. The van der Waals surface area contributed by atoms with Crippen molar-refractivity contribution in [1.82, 2.24) is 4.98 Å². The van der Waals surface area contributed by atoms with Gasteiger partial charge in [-0.15, -0.1) is 0 Å². The van der Waals surface area contributed by atoms with Crippen LogP contribution in [0.25, 0.3) is 5.76 Å². The SMILES string of the molecule is C=C(OC(=N)CC12CCC3C(CCC4C3(C)CCC3C(C)C(OC(=O)CC(C)(C)C=O)CCC34C)C1=C(C(C)C)PC2)c1ccc(NC)cn1.CC.CC.CO. The van der Waals surface area contributed by atoms with Crippen molar-refractivity contribution >= 4 is 38.2 Å². The van der Waals surface area contributed by atoms with E-state index >= 15 is 0 Å². The van der Waals surface area contributed by atoms with Crippen molar-refractivity contribution in [3.8, 4) is 0 Å². The molecule has 56 heavy (non-hydrogen) atoms. The molecule has 0 bridgehead atoms. The van der Waals surface area contributed by atoms with Gasteiger partial charge in [0.15, 0.2) is 5.90 Å². The number of carbonyl (C=O) groups excluding carboxylic acids is 2. The van der Waals surface area contributed by atoms with Crippen LogP contribution in [0, 0.1) is 62.6 Å². The Hall–Kier alpha value is -2.57. The highest BCUT2D eigenvalue weighted by Gasteiger charge is 2.64. The average molecular weight is 796 g/mol. The molecule has 1 aliphatic heterocycles. The van der Waals surface area contributed by atoms with E-state index in [9.17, 15) is 9.59 Å². The summed E-state index contributed by atoms with van der Waals surface area (Å²) < 4.78 is 12.3. The summed E-state index contributed by atoms with van der Waals surface area (Å²) in [5, 5.41) is 20.9. The molecular formula is C47H78N3O5P. The minimum Gasteiger partial charge on any atom is -0.462 e. The normalized spacial score (nSPS) is 33.3. The molecule has 4 aliphatic carbocycles. The van der Waals surface area contributed by atoms with Crippen LogP contribution >= 0.6 is 8.58 Å². The molecule has 4 fully saturated rings. The Morgan fingerprint density at radius 1 is 1.05 bits per heavy atom. The van der Waals surface area contributed by atoms with E-state index in [4.69, 9.17) is 20.0 Å². The monoisotopic (exact) mass is 796 g/mol. The Bertz CT molecular complexity index is 1540. The molecule has 0 aromatic carbocycles. The summed E-state index contributed by atoms with van der Waals surface area (Å²) in [4.78, 5) is 28.8. The Morgan fingerprint density at radius 3 is 2.27 bits per heavy atom. The number of hydrogen-bond acceptors (Lipinski definition) is 8. The number of ether oxygens (including phenoxy) is 2. The second kappa shape index (κ2) is 19.9. The third-order valence-corrected chi connectivity index (χ3v) is 16.4. The number of nitrogens with zero attached hydrogens (tertiary/aromatic N) is 1. The number of aromatic nitrogens is 1. The number of aliphatic hydroxyl groups excluding tert-OH is 1. The molecule has 1 aromatic rings. The van der Waals surface area contributed by atoms with Gasteiger partial charge in [0.25, 0.3) is 0 Å². The topological polar surface area (TPSA) is 122 Å². The maximum absolute atomic E-state index is 12.9. The third kappa shape index (κ3) is 9.48. The van der Waals surface area contributed by atoms with Gasteiger partial charge in [0.1, 0.15) is 23.8 Å². The van der Waals surface area contributed by atoms with Gasteiger partial charge < -0.3 is 24.7 Å². The highest BCUT2D eigenvalue weighted by molar-refractivity contribution is 7.43. The summed E-state index contributed by atoms with van der Waals surface area (Å²) in [6, 6.07) is 3.85. The van der Waals surface area contributed by atoms with E-state index < -0.39 is 5.41 Å². The third-order valence-electron chi connectivity index (χ3n) is 14.4. The van der Waals surface area contributed by atoms with Gasteiger partial charge in [0, 0.05) is 31.4 Å². The van der Waals surface area contributed by atoms with Crippen LogP contribution in [0.4, 0.5) is 5.69 Å². The minimum atomic E-state index is -0.685. The van der Waals surface area contributed by atoms with Crippen molar-refractivity contribution in [2.75, 3.05) is 25.6 Å². The lowest BCUT2D eigenvalue weighted by Gasteiger charge is -2.67. The fourth-order valence-corrected chi connectivity index (χ4v) is 14.0. The van der Waals surface area contributed by atoms with Gasteiger partial charge in [-0.2, -0.15) is 0 Å². The lowest BCUT2D eigenvalue weighted by atomic mass is 9.38. The first-order chi connectivity index (χ1) is 26.6. The summed E-state index contributed by atoms with van der Waals surface area (Å²) >= 11 is 0. The first kappa shape index (κ1) is 47.8. The molecule has 4 saturated carbocycles. The van der Waals surface area contributed by atoms with Crippen LogP contribution in [0.1, 0.15) is 146 Å². The molecule has 0 spiro atoms. The minimum absolute atomic E-state index is 0.0131. The summed E-state index contributed by atoms with van der Waals surface area (Å²) in [6.07, 6.45) is 13.8. The van der Waals surface area contributed by atoms with Crippen molar-refractivity contribution in [2.24, 2.45) is 57.2 Å². The van der Waals surface area contributed by atoms with E-state index in [2.05, 4.69) is 51.5 Å². The lowest BCUT2D eigenvalue weighted by molar-refractivity contribution is -0.191. The second-order valence-corrected chi connectivity index (χ2v) is 19.4. The molecule has 10 unspecified atom stereocenters. The molecule has 6 rings (SSSR count). The van der Waals surface area contributed by atoms with E-state index in [1.807, 2.05) is 46.9 Å². The van der Waals surface area contributed by atoms with Crippen molar-refractivity contribution in [3.05, 3.63) is 41.5 Å². The number of allylic oxidation sites excluding steroid dienone is 2. The number of rotatable bonds is 10. The lowest BCUT2D eigenvalue weighted by Crippen LogP contribution is -2.60. The second-order valence-electron chi connectivity index (χ2n) is 18.2. The number of fused-ring (bicyclic) bond motifs is 7. The zero-order chi connectivity index (χ0) is 42.2. The van der Waals surface area contributed by atoms with Crippen LogP contribution in [0.15, 0.2) is 35.8 Å². The van der Waals surface area contributed by atoms with E-state index in [0.717, 1.165) is 53.1 Å². The van der Waals surface area contributed by atoms with Crippen molar-refractivity contribution in [2.45, 2.75) is 146 Å². The maximum atomic E-state index is 12.9. The Balaban J connectivity index is 0.00000134. The molecule has 0 amide bonds. The van der Waals surface area contributed by atoms with Crippen LogP contribution in [0.5, 0.6) is 0 Å². The number of pyridine rings is 1. The standard InChI is InChI=1S/C42H62N3O4P.2C2H6.CH4O/c1-25(2)38-37-29-11-13-34-40(7)18-16-33(49-36(47)21-39(5,6)23-46)26(3)30(40)14-17-41(34,8)31(29)15-19-42(37,24-50-38)20-35(43)48-27(4)32-12-10-28(44-9)22-45-32;3*1-2/h10,12,22-23,25-26,29-31,33-34,43-44,50H,4,11,13-21,24H2,1-3,5-9H3;2*1-2H3;2H,1H3. The largest absolute Gasteiger partial charge is 0.462 e. The molecular weight excluding hydrogens is 718 g/mol. The zero-order valence-corrected chi connectivity index (χ0v) is 38.4. The average Bonchev–Trinajstić information content (AvgIpc) is 3.58. The number of nitrogens with one attached hydrogen (secondary N) is 2. The van der Waals surface area contributed by atoms with Gasteiger partial charge in [-0.3, -0.25) is 15.2 Å². The smallest absolute Gasteiger partial charge is 0.307 e. The quantitative estimate of drug-likeness (QED) is 0.0538. The van der Waals surface area contributed by atoms with E-state index in [1.165, 1.54) is 32.1 Å². The van der Waals surface area contributed by atoms with Crippen LogP contribution in [-0.4, -0.2) is 54.7 Å². The Kier molecular flexibility index (Phi) is 17.0. The summed E-state index contributed by atoms with van der Waals surface area (Å²) in [5.41, 5.74) is 3.16. The molecule has 3 N–H and O–H groups in total. The van der Waals surface area contributed by atoms with Crippen LogP contribution in [0.2, 0.25) is 0 Å². The van der Waals surface area contributed by atoms with Crippen LogP contribution in [-0.2, 0) is 19.1 Å². The number of hydrogen-bond donors (Lipinski definition) is 3. The van der Waals surface area contributed by atoms with Crippen LogP contribution < -0.4 is 5.32 Å². The fraction of sp³-hybridized carbons (Fsp3) is 0.745. The maximum Gasteiger partial charge on any atom is 0.307 e. The van der Waals surface area contributed by atoms with Gasteiger partial charge in [-0.05, 0) is 121 Å². The summed E-state index contributed by atoms with van der Waals surface area (Å²) in [6.45, 7) is 28.1. The van der Waals surface area contributed by atoms with Gasteiger partial charge in [0.2, 0.25) is 0 Å². The van der Waals surface area contributed by atoms with Crippen molar-refractivity contribution < 1.29 is 24.2 Å². The van der Waals surface area contributed by atoms with Crippen molar-refractivity contribution in [1.29, 1.82) is 5.41 Å². The molecule has 2 heterocycles. The predicted molar refractivity (Wildman–Crippen MR) is 235 cm³/mol. The number of anilines is 1. The highest BCUT2D eigenvalue weighted by Crippen LogP contribution is 2.73. The number of carbonyl (C=O) groups is 2. The van der Waals surface area contributed by atoms with Gasteiger partial charge in [-0.25, -0.2) is 0 Å². The highest BCUT2D eigenvalue weighted by atomic mass is 31.1. The van der Waals surface area contributed by atoms with Gasteiger partial charge in [0.05, 0.1) is 18.3 Å². The Labute approximate surface area is 342 Å². The van der Waals surface area contributed by atoms with Gasteiger partial charge in [-0.1, -0.05) is 96.9 Å². The van der Waals surface area contributed by atoms with E-state index in [1.54, 1.807) is 30.9 Å². The summed E-state index contributed by atoms with van der Waals surface area (Å²) in [7, 11) is 3.70. The number of esters is 1. The first-order valence-corrected chi connectivity index (χ1v) is 23.0. The fourth-order valence-electron chi connectivity index (χ4n) is 12.0. The van der Waals surface area contributed by atoms with Gasteiger partial charge >= 0.3 is 5.97 Å². The van der Waals surface area contributed by atoms with Crippen LogP contribution in [0.3, 0.4) is 0 Å². The molecule has 8 nitrogen and oxygen atoms in total. The molecule has 9 heteroatoms. The predicted octanol–water partition coefficient (Wildman–Crippen LogP) is 11.5. The van der Waals surface area contributed by atoms with E-state index in [-0.39, 0.29) is 34.7 Å². The van der Waals surface area contributed by atoms with Crippen molar-refractivity contribution in [3.63, 3.8) is 0 Å². The zero-order valence-electron chi connectivity index (χ0n) is 37.4.